The van der Waals surface area contributed by atoms with Crippen molar-refractivity contribution in [3.05, 3.63) is 52.6 Å². The molecular formula is C28H42ClFN8O3. The molecule has 0 atom stereocenters. The molecule has 2 fully saturated rings. The van der Waals surface area contributed by atoms with Crippen molar-refractivity contribution in [3.8, 4) is 5.69 Å². The summed E-state index contributed by atoms with van der Waals surface area (Å²) in [4.78, 5) is 47.3. The van der Waals surface area contributed by atoms with Crippen LogP contribution in [0.5, 0.6) is 0 Å². The van der Waals surface area contributed by atoms with Crippen LogP contribution in [0.15, 0.2) is 41.3 Å². The SMILES string of the molecule is CC(C)(N)C(=O)N1CCN(C(=O)Nc2ccn(-c3ccc(CN(CCF)[C@H]4CC[C@H](N)CC4)cc3)c(=O)n2)CC1.Cl. The number of nitrogens with one attached hydrogen (secondary N) is 1. The lowest BCUT2D eigenvalue weighted by atomic mass is 9.90. The van der Waals surface area contributed by atoms with Crippen molar-refractivity contribution in [3.63, 3.8) is 0 Å². The zero-order valence-corrected chi connectivity index (χ0v) is 24.6. The van der Waals surface area contributed by atoms with E-state index in [1.54, 1.807) is 35.9 Å². The summed E-state index contributed by atoms with van der Waals surface area (Å²) in [5, 5.41) is 2.67. The number of rotatable bonds is 8. The maximum atomic E-state index is 13.2. The van der Waals surface area contributed by atoms with Crippen molar-refractivity contribution in [2.75, 3.05) is 44.7 Å². The van der Waals surface area contributed by atoms with Gasteiger partial charge in [-0.25, -0.2) is 14.0 Å². The average Bonchev–Trinajstić information content (AvgIpc) is 2.93. The third kappa shape index (κ3) is 8.48. The van der Waals surface area contributed by atoms with Gasteiger partial charge in [0.05, 0.1) is 11.2 Å². The highest BCUT2D eigenvalue weighted by Gasteiger charge is 2.31. The van der Waals surface area contributed by atoms with Crippen LogP contribution < -0.4 is 22.5 Å². The van der Waals surface area contributed by atoms with E-state index in [1.165, 1.54) is 4.57 Å². The summed E-state index contributed by atoms with van der Waals surface area (Å²) in [5.74, 6) is -0.00379. The number of alkyl halides is 1. The van der Waals surface area contributed by atoms with Crippen LogP contribution in [0.3, 0.4) is 0 Å². The molecule has 1 aromatic carbocycles. The van der Waals surface area contributed by atoms with Crippen molar-refractivity contribution in [2.45, 2.75) is 63.7 Å². The number of carbonyl (C=O) groups is 2. The average molecular weight is 593 g/mol. The van der Waals surface area contributed by atoms with Crippen LogP contribution in [-0.4, -0.2) is 93.2 Å². The number of aromatic nitrogens is 2. The topological polar surface area (TPSA) is 143 Å². The molecular weight excluding hydrogens is 551 g/mol. The molecule has 2 heterocycles. The summed E-state index contributed by atoms with van der Waals surface area (Å²) >= 11 is 0. The van der Waals surface area contributed by atoms with E-state index in [0.29, 0.717) is 51.0 Å². The fraction of sp³-hybridized carbons (Fsp3) is 0.571. The fourth-order valence-corrected chi connectivity index (χ4v) is 5.34. The van der Waals surface area contributed by atoms with Gasteiger partial charge in [0, 0.05) is 57.5 Å². The molecule has 2 aromatic rings. The second kappa shape index (κ2) is 14.2. The predicted molar refractivity (Wildman–Crippen MR) is 159 cm³/mol. The number of hydrogen-bond acceptors (Lipinski definition) is 7. The highest BCUT2D eigenvalue weighted by Crippen LogP contribution is 2.24. The number of halogens is 2. The summed E-state index contributed by atoms with van der Waals surface area (Å²) in [5.41, 5.74) is 12.1. The third-order valence-corrected chi connectivity index (χ3v) is 7.67. The number of carbonyl (C=O) groups excluding carboxylic acids is 2. The van der Waals surface area contributed by atoms with Gasteiger partial charge in [0.1, 0.15) is 12.5 Å². The molecule has 41 heavy (non-hydrogen) atoms. The lowest BCUT2D eigenvalue weighted by molar-refractivity contribution is -0.137. The lowest BCUT2D eigenvalue weighted by Gasteiger charge is -2.37. The molecule has 0 unspecified atom stereocenters. The fourth-order valence-electron chi connectivity index (χ4n) is 5.34. The number of urea groups is 1. The van der Waals surface area contributed by atoms with Gasteiger partial charge in [-0.2, -0.15) is 4.98 Å². The Labute approximate surface area is 246 Å². The Balaban J connectivity index is 0.00000462. The largest absolute Gasteiger partial charge is 0.354 e. The Bertz CT molecular complexity index is 1220. The minimum atomic E-state index is -0.960. The molecule has 3 amide bonds. The molecule has 1 saturated carbocycles. The van der Waals surface area contributed by atoms with E-state index in [1.807, 2.05) is 24.3 Å². The standard InChI is InChI=1S/C28H41FN8O3.ClH/c1-28(2,31)25(38)34-15-17-35(18-16-34)26(39)32-24-11-13-37(27(40)33-24)23-7-3-20(4-8-23)19-36(14-12-29)22-9-5-21(30)6-10-22;/h3-4,7-8,11,13,21-22H,5-6,9-10,12,14-19,30-31H2,1-2H3,(H,32,33,39,40);1H/t21-,22-;. The van der Waals surface area contributed by atoms with Gasteiger partial charge in [0.2, 0.25) is 5.91 Å². The number of anilines is 1. The lowest BCUT2D eigenvalue weighted by Crippen LogP contribution is -2.58. The minimum Gasteiger partial charge on any atom is -0.338 e. The molecule has 2 aliphatic rings. The van der Waals surface area contributed by atoms with Gasteiger partial charge in [-0.15, -0.1) is 12.4 Å². The Morgan fingerprint density at radius 1 is 1.05 bits per heavy atom. The van der Waals surface area contributed by atoms with Gasteiger partial charge < -0.3 is 21.3 Å². The zero-order chi connectivity index (χ0) is 28.9. The molecule has 1 aromatic heterocycles. The summed E-state index contributed by atoms with van der Waals surface area (Å²) < 4.78 is 14.7. The summed E-state index contributed by atoms with van der Waals surface area (Å²) in [6.07, 6.45) is 5.45. The Morgan fingerprint density at radius 3 is 2.22 bits per heavy atom. The van der Waals surface area contributed by atoms with Gasteiger partial charge in [-0.1, -0.05) is 12.1 Å². The molecule has 0 radical (unpaired) electrons. The summed E-state index contributed by atoms with van der Waals surface area (Å²) in [7, 11) is 0. The monoisotopic (exact) mass is 592 g/mol. The Kier molecular flexibility index (Phi) is 11.3. The van der Waals surface area contributed by atoms with Crippen molar-refractivity contribution in [2.24, 2.45) is 11.5 Å². The van der Waals surface area contributed by atoms with Crippen LogP contribution in [0.25, 0.3) is 5.69 Å². The molecule has 0 spiro atoms. The second-order valence-electron chi connectivity index (χ2n) is 11.3. The first kappa shape index (κ1) is 32.5. The van der Waals surface area contributed by atoms with E-state index < -0.39 is 17.9 Å². The number of nitrogens with two attached hydrogens (primary N) is 2. The molecule has 5 N–H and O–H groups in total. The van der Waals surface area contributed by atoms with Crippen LogP contribution in [0.2, 0.25) is 0 Å². The first-order chi connectivity index (χ1) is 19.0. The number of hydrogen-bond donors (Lipinski definition) is 3. The third-order valence-electron chi connectivity index (χ3n) is 7.67. The molecule has 1 aliphatic carbocycles. The van der Waals surface area contributed by atoms with Crippen molar-refractivity contribution < 1.29 is 14.0 Å². The van der Waals surface area contributed by atoms with Gasteiger partial charge >= 0.3 is 11.7 Å². The van der Waals surface area contributed by atoms with E-state index in [9.17, 15) is 18.8 Å². The van der Waals surface area contributed by atoms with Crippen LogP contribution in [0.4, 0.5) is 15.0 Å². The van der Waals surface area contributed by atoms with Crippen LogP contribution in [0.1, 0.15) is 45.1 Å². The normalized spacial score (nSPS) is 19.6. The molecule has 1 aliphatic heterocycles. The predicted octanol–water partition coefficient (Wildman–Crippen LogP) is 2.11. The number of piperazine rings is 1. The number of benzene rings is 1. The zero-order valence-electron chi connectivity index (χ0n) is 23.8. The molecule has 226 valence electrons. The molecule has 0 bridgehead atoms. The van der Waals surface area contributed by atoms with Gasteiger partial charge in [-0.3, -0.25) is 19.6 Å². The smallest absolute Gasteiger partial charge is 0.338 e. The van der Waals surface area contributed by atoms with Crippen LogP contribution >= 0.6 is 12.4 Å². The van der Waals surface area contributed by atoms with Gasteiger partial charge in [-0.05, 0) is 63.3 Å². The highest BCUT2D eigenvalue weighted by atomic mass is 35.5. The summed E-state index contributed by atoms with van der Waals surface area (Å²) in [6.45, 7) is 5.43. The molecule has 4 rings (SSSR count). The minimum absolute atomic E-state index is 0. The first-order valence-electron chi connectivity index (χ1n) is 13.9. The quantitative estimate of drug-likeness (QED) is 0.426. The van der Waals surface area contributed by atoms with E-state index in [2.05, 4.69) is 15.2 Å². The Morgan fingerprint density at radius 2 is 1.66 bits per heavy atom. The van der Waals surface area contributed by atoms with Crippen LogP contribution in [-0.2, 0) is 11.3 Å². The van der Waals surface area contributed by atoms with Gasteiger partial charge in [0.25, 0.3) is 0 Å². The molecule has 1 saturated heterocycles. The van der Waals surface area contributed by atoms with E-state index >= 15 is 0 Å². The summed E-state index contributed by atoms with van der Waals surface area (Å²) in [6, 6.07) is 9.31. The van der Waals surface area contributed by atoms with Crippen LogP contribution in [0, 0.1) is 0 Å². The Hall–Kier alpha value is -3.06. The van der Waals surface area contributed by atoms with Gasteiger partial charge in [0.15, 0.2) is 0 Å². The van der Waals surface area contributed by atoms with Crippen molar-refractivity contribution in [1.29, 1.82) is 0 Å². The first-order valence-corrected chi connectivity index (χ1v) is 13.9. The second-order valence-corrected chi connectivity index (χ2v) is 11.3. The van der Waals surface area contributed by atoms with E-state index in [4.69, 9.17) is 11.5 Å². The maximum Gasteiger partial charge on any atom is 0.354 e. The van der Waals surface area contributed by atoms with E-state index in [0.717, 1.165) is 31.2 Å². The molecule has 11 nitrogen and oxygen atoms in total. The maximum absolute atomic E-state index is 13.2. The molecule has 13 heteroatoms. The van der Waals surface area contributed by atoms with E-state index in [-0.39, 0.29) is 36.2 Å². The number of amides is 3. The van der Waals surface area contributed by atoms with Crippen molar-refractivity contribution in [1.82, 2.24) is 24.3 Å². The highest BCUT2D eigenvalue weighted by molar-refractivity contribution is 5.89. The van der Waals surface area contributed by atoms with Crippen molar-refractivity contribution >= 4 is 30.2 Å². The number of nitrogens with zero attached hydrogens (tertiary/aromatic N) is 5.